The highest BCUT2D eigenvalue weighted by Crippen LogP contribution is 2.40. The van der Waals surface area contributed by atoms with Crippen LogP contribution in [-0.2, 0) is 9.47 Å². The van der Waals surface area contributed by atoms with Gasteiger partial charge in [-0.25, -0.2) is 29.3 Å². The maximum absolute atomic E-state index is 13.4. The van der Waals surface area contributed by atoms with Crippen molar-refractivity contribution in [1.82, 2.24) is 25.3 Å². The van der Waals surface area contributed by atoms with Gasteiger partial charge in [0.15, 0.2) is 0 Å². The van der Waals surface area contributed by atoms with Crippen molar-refractivity contribution in [2.75, 3.05) is 32.2 Å². The second-order valence-electron chi connectivity index (χ2n) is 8.29. The largest absolute Gasteiger partial charge is 0.481 e. The summed E-state index contributed by atoms with van der Waals surface area (Å²) in [5, 5.41) is 7.53. The fourth-order valence-corrected chi connectivity index (χ4v) is 4.74. The number of carbonyl (C=O) groups is 3. The molecule has 0 aliphatic rings. The zero-order valence-electron chi connectivity index (χ0n) is 22.9. The number of thiazole rings is 1. The van der Waals surface area contributed by atoms with Crippen LogP contribution in [0.3, 0.4) is 0 Å². The fraction of sp³-hybridized carbons (Fsp3) is 0.250. The Kier molecular flexibility index (Phi) is 9.53. The summed E-state index contributed by atoms with van der Waals surface area (Å²) < 4.78 is 15.7. The predicted octanol–water partition coefficient (Wildman–Crippen LogP) is 4.83. The summed E-state index contributed by atoms with van der Waals surface area (Å²) >= 11 is 1.28. The molecular formula is C28H28N6O6S. The highest BCUT2D eigenvalue weighted by molar-refractivity contribution is 7.13. The van der Waals surface area contributed by atoms with Gasteiger partial charge in [0.2, 0.25) is 5.88 Å². The number of nitrogens with one attached hydrogen (secondary N) is 2. The number of esters is 2. The van der Waals surface area contributed by atoms with E-state index < -0.39 is 18.0 Å². The molecule has 2 amide bonds. The maximum atomic E-state index is 13.4. The average Bonchev–Trinajstić information content (AvgIpc) is 3.47. The topological polar surface area (TPSA) is 155 Å². The van der Waals surface area contributed by atoms with Crippen LogP contribution in [0.25, 0.3) is 33.0 Å². The Hall–Kier alpha value is -4.91. The first kappa shape index (κ1) is 29.1. The molecule has 4 rings (SSSR count). The van der Waals surface area contributed by atoms with Gasteiger partial charge in [-0.3, -0.25) is 10.3 Å². The third-order valence-corrected chi connectivity index (χ3v) is 6.51. The molecule has 0 atom stereocenters. The van der Waals surface area contributed by atoms with Crippen molar-refractivity contribution < 1.29 is 28.6 Å². The van der Waals surface area contributed by atoms with Crippen LogP contribution in [0, 0.1) is 0 Å². The summed E-state index contributed by atoms with van der Waals surface area (Å²) in [6, 6.07) is 4.59. The van der Waals surface area contributed by atoms with E-state index in [2.05, 4.69) is 25.6 Å². The summed E-state index contributed by atoms with van der Waals surface area (Å²) in [7, 11) is 1.53. The Balaban J connectivity index is 1.95. The molecule has 4 aromatic heterocycles. The number of rotatable bonds is 10. The number of anilines is 1. The summed E-state index contributed by atoms with van der Waals surface area (Å²) in [5.41, 5.74) is 2.85. The van der Waals surface area contributed by atoms with Gasteiger partial charge in [-0.1, -0.05) is 0 Å². The van der Waals surface area contributed by atoms with Crippen molar-refractivity contribution in [3.05, 3.63) is 59.5 Å². The van der Waals surface area contributed by atoms with Crippen LogP contribution in [0.2, 0.25) is 0 Å². The molecule has 13 heteroatoms. The van der Waals surface area contributed by atoms with Gasteiger partial charge in [-0.05, 0) is 32.9 Å². The van der Waals surface area contributed by atoms with Crippen LogP contribution >= 0.6 is 11.3 Å². The Morgan fingerprint density at radius 1 is 0.927 bits per heavy atom. The highest BCUT2D eigenvalue weighted by Gasteiger charge is 2.28. The van der Waals surface area contributed by atoms with Gasteiger partial charge in [0.25, 0.3) is 0 Å². The molecule has 0 aliphatic heterocycles. The molecule has 0 aromatic carbocycles. The summed E-state index contributed by atoms with van der Waals surface area (Å²) in [4.78, 5) is 56.0. The summed E-state index contributed by atoms with van der Waals surface area (Å²) in [6.45, 7) is 5.80. The van der Waals surface area contributed by atoms with Crippen molar-refractivity contribution >= 4 is 35.1 Å². The Morgan fingerprint density at radius 2 is 1.71 bits per heavy atom. The minimum absolute atomic E-state index is 0.00546. The number of amides is 2. The molecule has 0 spiro atoms. The van der Waals surface area contributed by atoms with Crippen LogP contribution in [0.4, 0.5) is 10.6 Å². The van der Waals surface area contributed by atoms with Gasteiger partial charge < -0.3 is 19.5 Å². The van der Waals surface area contributed by atoms with E-state index in [-0.39, 0.29) is 30.2 Å². The predicted molar refractivity (Wildman–Crippen MR) is 153 cm³/mol. The Bertz CT molecular complexity index is 1560. The zero-order chi connectivity index (χ0) is 29.4. The molecule has 0 saturated carbocycles. The van der Waals surface area contributed by atoms with E-state index in [0.717, 1.165) is 5.56 Å². The third-order valence-electron chi connectivity index (χ3n) is 5.65. The lowest BCUT2D eigenvalue weighted by atomic mass is 9.97. The first-order valence-electron chi connectivity index (χ1n) is 12.7. The number of hydrogen-bond acceptors (Lipinski definition) is 11. The average molecular weight is 577 g/mol. The molecule has 12 nitrogen and oxygen atoms in total. The van der Waals surface area contributed by atoms with Crippen LogP contribution in [0.15, 0.2) is 48.4 Å². The summed E-state index contributed by atoms with van der Waals surface area (Å²) in [5.74, 6) is -0.799. The minimum atomic E-state index is -0.707. The van der Waals surface area contributed by atoms with Gasteiger partial charge in [-0.15, -0.1) is 11.3 Å². The second-order valence-corrected chi connectivity index (χ2v) is 9.14. The molecule has 0 aliphatic carbocycles. The molecule has 41 heavy (non-hydrogen) atoms. The van der Waals surface area contributed by atoms with E-state index in [1.54, 1.807) is 39.1 Å². The zero-order valence-corrected chi connectivity index (χ0v) is 23.7. The molecule has 0 unspecified atom stereocenters. The Morgan fingerprint density at radius 3 is 2.39 bits per heavy atom. The number of hydrogen-bond donors (Lipinski definition) is 2. The normalized spacial score (nSPS) is 10.5. The van der Waals surface area contributed by atoms with Crippen molar-refractivity contribution in [2.45, 2.75) is 20.8 Å². The first-order chi connectivity index (χ1) is 19.9. The fourth-order valence-electron chi connectivity index (χ4n) is 3.85. The highest BCUT2D eigenvalue weighted by atomic mass is 32.1. The number of aromatic nitrogens is 4. The second kappa shape index (κ2) is 13.4. The lowest BCUT2D eigenvalue weighted by Crippen LogP contribution is -2.29. The molecule has 0 fully saturated rings. The van der Waals surface area contributed by atoms with E-state index >= 15 is 0 Å². The summed E-state index contributed by atoms with van der Waals surface area (Å²) in [6.07, 6.45) is 6.05. The molecule has 2 N–H and O–H groups in total. The minimum Gasteiger partial charge on any atom is -0.481 e. The molecule has 0 bridgehead atoms. The van der Waals surface area contributed by atoms with Crippen LogP contribution in [0.5, 0.6) is 5.88 Å². The quantitative estimate of drug-likeness (QED) is 0.251. The van der Waals surface area contributed by atoms with Gasteiger partial charge in [0.05, 0.1) is 31.6 Å². The van der Waals surface area contributed by atoms with Gasteiger partial charge in [0.1, 0.15) is 16.4 Å². The monoisotopic (exact) mass is 576 g/mol. The smallest absolute Gasteiger partial charge is 0.342 e. The first-order valence-corrected chi connectivity index (χ1v) is 13.6. The number of nitrogens with zero attached hydrogens (tertiary/aromatic N) is 4. The van der Waals surface area contributed by atoms with E-state index in [1.807, 2.05) is 11.4 Å². The third kappa shape index (κ3) is 6.64. The number of urea groups is 1. The number of ether oxygens (including phenoxy) is 3. The van der Waals surface area contributed by atoms with Crippen molar-refractivity contribution in [3.8, 4) is 38.8 Å². The van der Waals surface area contributed by atoms with Crippen LogP contribution in [0.1, 0.15) is 41.5 Å². The standard InChI is InChI=1S/C28H28N6O6S/c1-5-30-28(37)34-24-23(27(36)40-7-3)22(25-33-20(15-41-25)16-8-9-21(38-4)31-13-16)19(14-32-24)17-10-18(12-29-11-17)26(35)39-6-2/h8-15H,5-7H2,1-4H3,(H2,30,32,34,37). The lowest BCUT2D eigenvalue weighted by molar-refractivity contribution is 0.0517. The number of carbonyl (C=O) groups excluding carboxylic acids is 3. The van der Waals surface area contributed by atoms with Crippen molar-refractivity contribution in [2.24, 2.45) is 0 Å². The van der Waals surface area contributed by atoms with E-state index in [1.165, 1.54) is 37.0 Å². The molecule has 212 valence electrons. The lowest BCUT2D eigenvalue weighted by Gasteiger charge is -2.17. The van der Waals surface area contributed by atoms with Crippen LogP contribution < -0.4 is 15.4 Å². The maximum Gasteiger partial charge on any atom is 0.342 e. The van der Waals surface area contributed by atoms with Crippen molar-refractivity contribution in [3.63, 3.8) is 0 Å². The van der Waals surface area contributed by atoms with E-state index in [0.29, 0.717) is 39.8 Å². The van der Waals surface area contributed by atoms with Crippen LogP contribution in [-0.4, -0.2) is 64.8 Å². The molecule has 4 aromatic rings. The molecule has 0 radical (unpaired) electrons. The van der Waals surface area contributed by atoms with Gasteiger partial charge in [0, 0.05) is 65.0 Å². The SMILES string of the molecule is CCNC(=O)Nc1ncc(-c2cncc(C(=O)OCC)c2)c(-c2nc(-c3ccc(OC)nc3)cs2)c1C(=O)OCC. The van der Waals surface area contributed by atoms with E-state index in [9.17, 15) is 14.4 Å². The van der Waals surface area contributed by atoms with Crippen molar-refractivity contribution in [1.29, 1.82) is 0 Å². The molecule has 0 saturated heterocycles. The number of pyridine rings is 3. The van der Waals surface area contributed by atoms with E-state index in [4.69, 9.17) is 19.2 Å². The Labute approximate surface area is 240 Å². The van der Waals surface area contributed by atoms with Gasteiger partial charge in [-0.2, -0.15) is 0 Å². The number of methoxy groups -OCH3 is 1. The van der Waals surface area contributed by atoms with Gasteiger partial charge >= 0.3 is 18.0 Å². The molecule has 4 heterocycles. The molecular weight excluding hydrogens is 548 g/mol.